The maximum absolute atomic E-state index is 13.1. The van der Waals surface area contributed by atoms with Gasteiger partial charge in [-0.1, -0.05) is 231 Å². The highest BCUT2D eigenvalue weighted by atomic mass is 16.7. The minimum Gasteiger partial charge on any atom is -0.457 e. The summed E-state index contributed by atoms with van der Waals surface area (Å²) in [6.45, 7) is 3.71. The zero-order valence-corrected chi connectivity index (χ0v) is 47.6. The smallest absolute Gasteiger partial charge is 0.306 e. The van der Waals surface area contributed by atoms with Gasteiger partial charge < -0.3 is 64.2 Å². The van der Waals surface area contributed by atoms with E-state index < -0.39 is 80.7 Å². The molecule has 442 valence electrons. The summed E-state index contributed by atoms with van der Waals surface area (Å²) in [7, 11) is 0. The summed E-state index contributed by atoms with van der Waals surface area (Å²) in [5, 5.41) is 72.4. The SMILES string of the molecule is CCCCC/C=C\C/C=C\CCCCCCCCCC(=O)OC(COCCCCCCCCCCCCCCCCCCCCCCCCCC)COC1OC(COC2OC(CO)C(O)C(O)C2O)C(O)C(O)C1O. The van der Waals surface area contributed by atoms with Crippen molar-refractivity contribution < 1.29 is 69.0 Å². The first kappa shape index (κ1) is 69.6. The predicted molar refractivity (Wildman–Crippen MR) is 298 cm³/mol. The van der Waals surface area contributed by atoms with Crippen molar-refractivity contribution in [3.05, 3.63) is 24.3 Å². The van der Waals surface area contributed by atoms with Gasteiger partial charge in [-0.3, -0.25) is 4.79 Å². The van der Waals surface area contributed by atoms with Crippen molar-refractivity contribution >= 4 is 5.97 Å². The average molecular weight is 1070 g/mol. The molecule has 2 aliphatic rings. The molecule has 11 unspecified atom stereocenters. The van der Waals surface area contributed by atoms with E-state index in [1.165, 1.54) is 180 Å². The molecule has 0 amide bonds. The van der Waals surface area contributed by atoms with E-state index in [1.54, 1.807) is 0 Å². The molecule has 11 atom stereocenters. The van der Waals surface area contributed by atoms with E-state index in [9.17, 15) is 40.5 Å². The third kappa shape index (κ3) is 35.0. The van der Waals surface area contributed by atoms with Crippen molar-refractivity contribution in [1.82, 2.24) is 0 Å². The third-order valence-corrected chi connectivity index (χ3v) is 15.0. The third-order valence-electron chi connectivity index (χ3n) is 15.0. The van der Waals surface area contributed by atoms with Crippen LogP contribution in [-0.2, 0) is 33.2 Å². The van der Waals surface area contributed by atoms with Gasteiger partial charge in [0.1, 0.15) is 54.9 Å². The van der Waals surface area contributed by atoms with Gasteiger partial charge in [0, 0.05) is 13.0 Å². The molecule has 0 bridgehead atoms. The maximum atomic E-state index is 13.1. The number of aliphatic hydroxyl groups is 7. The monoisotopic (exact) mass is 1070 g/mol. The largest absolute Gasteiger partial charge is 0.457 e. The lowest BCUT2D eigenvalue weighted by atomic mass is 9.98. The van der Waals surface area contributed by atoms with Crippen molar-refractivity contribution in [2.24, 2.45) is 0 Å². The number of unbranched alkanes of at least 4 members (excludes halogenated alkanes) is 33. The number of aliphatic hydroxyl groups excluding tert-OH is 7. The fourth-order valence-corrected chi connectivity index (χ4v) is 9.97. The second-order valence-electron chi connectivity index (χ2n) is 21.9. The summed E-state index contributed by atoms with van der Waals surface area (Å²) in [6, 6.07) is 0. The highest BCUT2D eigenvalue weighted by Crippen LogP contribution is 2.27. The van der Waals surface area contributed by atoms with Gasteiger partial charge in [-0.2, -0.15) is 0 Å². The fraction of sp³-hybridized carbons (Fsp3) is 0.918. The molecule has 75 heavy (non-hydrogen) atoms. The minimum atomic E-state index is -1.71. The van der Waals surface area contributed by atoms with E-state index in [2.05, 4.69) is 38.2 Å². The van der Waals surface area contributed by atoms with Crippen LogP contribution in [0.15, 0.2) is 24.3 Å². The van der Waals surface area contributed by atoms with E-state index in [0.29, 0.717) is 13.0 Å². The van der Waals surface area contributed by atoms with Crippen LogP contribution in [0.3, 0.4) is 0 Å². The lowest BCUT2D eigenvalue weighted by Gasteiger charge is -2.42. The normalized spacial score (nSPS) is 24.7. The average Bonchev–Trinajstić information content (AvgIpc) is 3.41. The molecule has 2 rings (SSSR count). The number of carbonyl (C=O) groups excluding carboxylic acids is 1. The van der Waals surface area contributed by atoms with Crippen molar-refractivity contribution in [1.29, 1.82) is 0 Å². The Morgan fingerprint density at radius 2 is 0.827 bits per heavy atom. The van der Waals surface area contributed by atoms with Gasteiger partial charge >= 0.3 is 5.97 Å². The number of esters is 1. The molecule has 0 aromatic heterocycles. The number of ether oxygens (including phenoxy) is 6. The summed E-state index contributed by atoms with van der Waals surface area (Å²) in [6.07, 6.45) is 39.6. The van der Waals surface area contributed by atoms with Crippen LogP contribution in [0, 0.1) is 0 Å². The Bertz CT molecular complexity index is 1330. The fourth-order valence-electron chi connectivity index (χ4n) is 9.97. The second-order valence-corrected chi connectivity index (χ2v) is 21.9. The summed E-state index contributed by atoms with van der Waals surface area (Å²) in [5.74, 6) is -0.379. The molecule has 2 saturated heterocycles. The Kier molecular flexibility index (Phi) is 44.9. The van der Waals surface area contributed by atoms with Crippen LogP contribution in [0.5, 0.6) is 0 Å². The molecule has 2 aliphatic heterocycles. The van der Waals surface area contributed by atoms with Crippen LogP contribution in [0.2, 0.25) is 0 Å². The predicted octanol–water partition coefficient (Wildman–Crippen LogP) is 11.5. The van der Waals surface area contributed by atoms with Crippen molar-refractivity contribution in [2.75, 3.05) is 33.0 Å². The van der Waals surface area contributed by atoms with Gasteiger partial charge in [-0.15, -0.1) is 0 Å². The van der Waals surface area contributed by atoms with E-state index in [1.807, 2.05) is 0 Å². The van der Waals surface area contributed by atoms with Crippen LogP contribution in [0.25, 0.3) is 0 Å². The Morgan fingerprint density at radius 1 is 0.440 bits per heavy atom. The van der Waals surface area contributed by atoms with E-state index in [4.69, 9.17) is 28.4 Å². The quantitative estimate of drug-likeness (QED) is 0.0172. The lowest BCUT2D eigenvalue weighted by Crippen LogP contribution is -2.61. The summed E-state index contributed by atoms with van der Waals surface area (Å²) in [4.78, 5) is 13.1. The van der Waals surface area contributed by atoms with Gasteiger partial charge in [0.25, 0.3) is 0 Å². The molecule has 0 spiro atoms. The summed E-state index contributed by atoms with van der Waals surface area (Å²) >= 11 is 0. The van der Waals surface area contributed by atoms with Crippen LogP contribution in [0.1, 0.15) is 258 Å². The Labute approximate surface area is 456 Å². The first-order valence-corrected chi connectivity index (χ1v) is 30.9. The first-order chi connectivity index (χ1) is 36.6. The Morgan fingerprint density at radius 3 is 1.31 bits per heavy atom. The highest BCUT2D eigenvalue weighted by molar-refractivity contribution is 5.69. The molecule has 14 heteroatoms. The zero-order valence-electron chi connectivity index (χ0n) is 47.6. The summed E-state index contributed by atoms with van der Waals surface area (Å²) < 4.78 is 34.4. The molecule has 14 nitrogen and oxygen atoms in total. The molecular formula is C61H114O14. The zero-order chi connectivity index (χ0) is 54.4. The molecule has 2 heterocycles. The Hall–Kier alpha value is -1.53. The molecule has 7 N–H and O–H groups in total. The molecule has 0 radical (unpaired) electrons. The molecule has 0 aromatic carbocycles. The van der Waals surface area contributed by atoms with E-state index in [0.717, 1.165) is 51.4 Å². The molecule has 2 fully saturated rings. The highest BCUT2D eigenvalue weighted by Gasteiger charge is 2.47. The van der Waals surface area contributed by atoms with Crippen LogP contribution < -0.4 is 0 Å². The van der Waals surface area contributed by atoms with E-state index >= 15 is 0 Å². The molecule has 0 aromatic rings. The van der Waals surface area contributed by atoms with Crippen LogP contribution in [-0.4, -0.2) is 142 Å². The lowest BCUT2D eigenvalue weighted by molar-refractivity contribution is -0.332. The molecular weight excluding hydrogens is 957 g/mol. The van der Waals surface area contributed by atoms with Gasteiger partial charge in [0.05, 0.1) is 26.4 Å². The van der Waals surface area contributed by atoms with Gasteiger partial charge in [0.15, 0.2) is 12.6 Å². The maximum Gasteiger partial charge on any atom is 0.306 e. The first-order valence-electron chi connectivity index (χ1n) is 30.9. The summed E-state index contributed by atoms with van der Waals surface area (Å²) in [5.41, 5.74) is 0. The number of allylic oxidation sites excluding steroid dienone is 4. The van der Waals surface area contributed by atoms with Gasteiger partial charge in [0.2, 0.25) is 0 Å². The van der Waals surface area contributed by atoms with Crippen LogP contribution in [0.4, 0.5) is 0 Å². The number of rotatable bonds is 51. The second kappa shape index (κ2) is 48.4. The number of carbonyl (C=O) groups is 1. The van der Waals surface area contributed by atoms with Crippen LogP contribution >= 0.6 is 0 Å². The molecule has 0 saturated carbocycles. The minimum absolute atomic E-state index is 0.0632. The van der Waals surface area contributed by atoms with Crippen molar-refractivity contribution in [2.45, 2.75) is 325 Å². The Balaban J connectivity index is 1.67. The van der Waals surface area contributed by atoms with Crippen molar-refractivity contribution in [3.8, 4) is 0 Å². The number of hydrogen-bond donors (Lipinski definition) is 7. The number of hydrogen-bond acceptors (Lipinski definition) is 14. The topological polar surface area (TPSA) is 214 Å². The standard InChI is InChI=1S/C61H114O14/c1-3-5-7-9-11-13-15-17-19-21-22-23-24-25-26-27-29-31-33-35-37-39-41-43-45-70-47-50(73-53(63)44-42-40-38-36-34-32-30-28-20-18-16-14-12-10-8-6-4-2)48-71-60-59(69)57(67)55(65)52(75-60)49-72-61-58(68)56(66)54(64)51(46-62)74-61/h12,14,18,20,50-52,54-62,64-69H,3-11,13,15-17,19,21-49H2,1-2H3/b14-12-,20-18-. The van der Waals surface area contributed by atoms with E-state index in [-0.39, 0.29) is 25.6 Å². The van der Waals surface area contributed by atoms with Gasteiger partial charge in [-0.05, 0) is 44.9 Å². The van der Waals surface area contributed by atoms with Crippen molar-refractivity contribution in [3.63, 3.8) is 0 Å². The van der Waals surface area contributed by atoms with Gasteiger partial charge in [-0.25, -0.2) is 0 Å². The molecule has 0 aliphatic carbocycles.